The predicted molar refractivity (Wildman–Crippen MR) is 54.6 cm³/mol. The lowest BCUT2D eigenvalue weighted by Gasteiger charge is -2.04. The van der Waals surface area contributed by atoms with Gasteiger partial charge < -0.3 is 20.3 Å². The van der Waals surface area contributed by atoms with Gasteiger partial charge in [-0.25, -0.2) is 4.98 Å². The standard InChI is InChI=1S/C10H10N2O5/c13-5-1-6(14)9(11-2-5)10(16)12-3-7(15)8-4-17-8/h1-2,8,13-14H,3-4H2,(H,12,16). The maximum atomic E-state index is 11.5. The van der Waals surface area contributed by atoms with Crippen molar-refractivity contribution in [3.8, 4) is 11.5 Å². The van der Waals surface area contributed by atoms with E-state index < -0.39 is 17.8 Å². The number of ketones is 1. The van der Waals surface area contributed by atoms with E-state index in [0.29, 0.717) is 6.61 Å². The minimum Gasteiger partial charge on any atom is -0.506 e. The zero-order valence-electron chi connectivity index (χ0n) is 8.71. The Morgan fingerprint density at radius 3 is 2.82 bits per heavy atom. The molecule has 1 aliphatic heterocycles. The van der Waals surface area contributed by atoms with Gasteiger partial charge in [-0.1, -0.05) is 0 Å². The maximum Gasteiger partial charge on any atom is 0.274 e. The first-order chi connectivity index (χ1) is 8.08. The lowest BCUT2D eigenvalue weighted by Crippen LogP contribution is -2.32. The van der Waals surface area contributed by atoms with Crippen LogP contribution in [0.5, 0.6) is 11.5 Å². The van der Waals surface area contributed by atoms with E-state index in [1.807, 2.05) is 0 Å². The fraction of sp³-hybridized carbons (Fsp3) is 0.300. The van der Waals surface area contributed by atoms with Crippen LogP contribution in [0.15, 0.2) is 12.3 Å². The number of hydrogen-bond donors (Lipinski definition) is 3. The summed E-state index contributed by atoms with van der Waals surface area (Å²) < 4.78 is 4.75. The topological polar surface area (TPSA) is 112 Å². The van der Waals surface area contributed by atoms with E-state index in [4.69, 9.17) is 9.84 Å². The molecule has 7 heteroatoms. The third kappa shape index (κ3) is 2.70. The van der Waals surface area contributed by atoms with Gasteiger partial charge in [-0.2, -0.15) is 0 Å². The number of pyridine rings is 1. The van der Waals surface area contributed by atoms with Crippen molar-refractivity contribution in [3.05, 3.63) is 18.0 Å². The minimum absolute atomic E-state index is 0.175. The van der Waals surface area contributed by atoms with Gasteiger partial charge in [0.15, 0.2) is 17.2 Å². The van der Waals surface area contributed by atoms with E-state index in [9.17, 15) is 14.7 Å². The number of nitrogens with one attached hydrogen (secondary N) is 1. The van der Waals surface area contributed by atoms with Crippen LogP contribution in [0.2, 0.25) is 0 Å². The molecule has 1 amide bonds. The number of amides is 1. The first kappa shape index (κ1) is 11.3. The fourth-order valence-corrected chi connectivity index (χ4v) is 1.22. The van der Waals surface area contributed by atoms with Gasteiger partial charge in [-0.15, -0.1) is 0 Å². The quantitative estimate of drug-likeness (QED) is 0.591. The molecule has 1 atom stereocenters. The number of Topliss-reactive ketones (excluding diaryl/α,β-unsaturated/α-hetero) is 1. The summed E-state index contributed by atoms with van der Waals surface area (Å²) in [4.78, 5) is 26.3. The molecule has 0 bridgehead atoms. The number of ether oxygens (including phenoxy) is 1. The number of carbonyl (C=O) groups excluding carboxylic acids is 2. The summed E-state index contributed by atoms with van der Waals surface area (Å²) >= 11 is 0. The lowest BCUT2D eigenvalue weighted by molar-refractivity contribution is -0.119. The van der Waals surface area contributed by atoms with Gasteiger partial charge in [0.2, 0.25) is 0 Å². The highest BCUT2D eigenvalue weighted by atomic mass is 16.6. The second kappa shape index (κ2) is 4.38. The largest absolute Gasteiger partial charge is 0.506 e. The SMILES string of the molecule is O=C(NCC(=O)C1CO1)c1ncc(O)cc1O. The smallest absolute Gasteiger partial charge is 0.274 e. The van der Waals surface area contributed by atoms with Crippen LogP contribution in [-0.2, 0) is 9.53 Å². The predicted octanol–water partition coefficient (Wildman–Crippen LogP) is -0.810. The molecule has 0 aromatic carbocycles. The van der Waals surface area contributed by atoms with Gasteiger partial charge in [0, 0.05) is 6.07 Å². The van der Waals surface area contributed by atoms with Crippen molar-refractivity contribution in [3.63, 3.8) is 0 Å². The van der Waals surface area contributed by atoms with Crippen LogP contribution >= 0.6 is 0 Å². The summed E-state index contributed by atoms with van der Waals surface area (Å²) in [7, 11) is 0. The van der Waals surface area contributed by atoms with Crippen molar-refractivity contribution in [2.24, 2.45) is 0 Å². The van der Waals surface area contributed by atoms with Crippen molar-refractivity contribution >= 4 is 11.7 Å². The van der Waals surface area contributed by atoms with Crippen LogP contribution in [0.1, 0.15) is 10.5 Å². The molecule has 3 N–H and O–H groups in total. The third-order valence-corrected chi connectivity index (χ3v) is 2.18. The molecule has 90 valence electrons. The van der Waals surface area contributed by atoms with Gasteiger partial charge in [0.1, 0.15) is 11.9 Å². The van der Waals surface area contributed by atoms with Crippen LogP contribution in [0.3, 0.4) is 0 Å². The first-order valence-corrected chi connectivity index (χ1v) is 4.88. The summed E-state index contributed by atoms with van der Waals surface area (Å²) in [6.45, 7) is 0.211. The Kier molecular flexibility index (Phi) is 2.92. The Labute approximate surface area is 96.0 Å². The maximum absolute atomic E-state index is 11.5. The zero-order valence-corrected chi connectivity index (χ0v) is 8.71. The van der Waals surface area contributed by atoms with Crippen molar-refractivity contribution < 1.29 is 24.5 Å². The zero-order chi connectivity index (χ0) is 12.4. The van der Waals surface area contributed by atoms with Crippen molar-refractivity contribution in [1.82, 2.24) is 10.3 Å². The van der Waals surface area contributed by atoms with Crippen LogP contribution in [0.4, 0.5) is 0 Å². The second-order valence-corrected chi connectivity index (χ2v) is 3.53. The molecule has 1 aliphatic rings. The summed E-state index contributed by atoms with van der Waals surface area (Å²) in [5.41, 5.74) is -0.243. The molecule has 1 aromatic rings. The molecule has 7 nitrogen and oxygen atoms in total. The molecule has 2 heterocycles. The number of epoxide rings is 1. The molecule has 1 unspecified atom stereocenters. The Hall–Kier alpha value is -2.15. The summed E-state index contributed by atoms with van der Waals surface area (Å²) in [5.74, 6) is -1.60. The number of aromatic hydroxyl groups is 2. The van der Waals surface area contributed by atoms with Crippen molar-refractivity contribution in [1.29, 1.82) is 0 Å². The number of aromatic nitrogens is 1. The summed E-state index contributed by atoms with van der Waals surface area (Å²) in [5, 5.41) is 20.7. The Balaban J connectivity index is 1.96. The van der Waals surface area contributed by atoms with Gasteiger partial charge in [0.05, 0.1) is 19.3 Å². The Bertz CT molecular complexity index is 470. The molecule has 0 spiro atoms. The minimum atomic E-state index is -0.684. The third-order valence-electron chi connectivity index (χ3n) is 2.18. The molecular formula is C10H10N2O5. The summed E-state index contributed by atoms with van der Waals surface area (Å²) in [6.07, 6.45) is 0.608. The molecule has 1 saturated heterocycles. The summed E-state index contributed by atoms with van der Waals surface area (Å²) in [6, 6.07) is 0.994. The van der Waals surface area contributed by atoms with Gasteiger partial charge in [-0.3, -0.25) is 9.59 Å². The monoisotopic (exact) mass is 238 g/mol. The van der Waals surface area contributed by atoms with E-state index >= 15 is 0 Å². The molecule has 0 saturated carbocycles. The van der Waals surface area contributed by atoms with Gasteiger partial charge in [0.25, 0.3) is 5.91 Å². The molecule has 1 fully saturated rings. The highest BCUT2D eigenvalue weighted by Crippen LogP contribution is 2.19. The highest BCUT2D eigenvalue weighted by molar-refractivity contribution is 5.98. The molecule has 2 rings (SSSR count). The van der Waals surface area contributed by atoms with Crippen LogP contribution in [-0.4, -0.2) is 46.1 Å². The first-order valence-electron chi connectivity index (χ1n) is 4.88. The number of nitrogens with zero attached hydrogens (tertiary/aromatic N) is 1. The average molecular weight is 238 g/mol. The molecule has 17 heavy (non-hydrogen) atoms. The van der Waals surface area contributed by atoms with Crippen LogP contribution in [0, 0.1) is 0 Å². The van der Waals surface area contributed by atoms with Crippen molar-refractivity contribution in [2.45, 2.75) is 6.10 Å². The van der Waals surface area contributed by atoms with E-state index in [1.165, 1.54) is 0 Å². The normalized spacial score (nSPS) is 17.5. The fourth-order valence-electron chi connectivity index (χ4n) is 1.22. The van der Waals surface area contributed by atoms with E-state index in [-0.39, 0.29) is 23.8 Å². The number of rotatable bonds is 4. The lowest BCUT2D eigenvalue weighted by atomic mass is 10.2. The van der Waals surface area contributed by atoms with Gasteiger partial charge in [-0.05, 0) is 0 Å². The molecule has 1 aromatic heterocycles. The molecule has 0 radical (unpaired) electrons. The Morgan fingerprint density at radius 2 is 2.24 bits per heavy atom. The number of carbonyl (C=O) groups is 2. The van der Waals surface area contributed by atoms with Crippen molar-refractivity contribution in [2.75, 3.05) is 13.2 Å². The van der Waals surface area contributed by atoms with Gasteiger partial charge >= 0.3 is 0 Å². The second-order valence-electron chi connectivity index (χ2n) is 3.53. The molecule has 0 aliphatic carbocycles. The number of hydrogen-bond acceptors (Lipinski definition) is 6. The van der Waals surface area contributed by atoms with Crippen LogP contribution in [0.25, 0.3) is 0 Å². The average Bonchev–Trinajstić information content (AvgIpc) is 3.09. The van der Waals surface area contributed by atoms with Crippen LogP contribution < -0.4 is 5.32 Å². The Morgan fingerprint density at radius 1 is 1.53 bits per heavy atom. The van der Waals surface area contributed by atoms with E-state index in [2.05, 4.69) is 10.3 Å². The van der Waals surface area contributed by atoms with E-state index in [0.717, 1.165) is 12.3 Å². The highest BCUT2D eigenvalue weighted by Gasteiger charge is 2.31. The molecular weight excluding hydrogens is 228 g/mol. The van der Waals surface area contributed by atoms with E-state index in [1.54, 1.807) is 0 Å².